The summed E-state index contributed by atoms with van der Waals surface area (Å²) >= 11 is 3.49. The van der Waals surface area contributed by atoms with E-state index in [0.717, 1.165) is 12.5 Å². The zero-order chi connectivity index (χ0) is 13.8. The van der Waals surface area contributed by atoms with Crippen LogP contribution in [-0.2, 0) is 0 Å². The highest BCUT2D eigenvalue weighted by Crippen LogP contribution is 2.37. The molecular formula is C16H25BrN2. The van der Waals surface area contributed by atoms with E-state index in [2.05, 4.69) is 71.4 Å². The van der Waals surface area contributed by atoms with Crippen molar-refractivity contribution in [3.8, 4) is 0 Å². The van der Waals surface area contributed by atoms with E-state index in [-0.39, 0.29) is 0 Å². The predicted octanol–water partition coefficient (Wildman–Crippen LogP) is 3.62. The summed E-state index contributed by atoms with van der Waals surface area (Å²) < 4.78 is 1.17. The van der Waals surface area contributed by atoms with Crippen molar-refractivity contribution in [1.82, 2.24) is 10.2 Å². The molecule has 1 aromatic rings. The first-order chi connectivity index (χ1) is 9.04. The van der Waals surface area contributed by atoms with Crippen LogP contribution in [0.3, 0.4) is 0 Å². The van der Waals surface area contributed by atoms with Crippen molar-refractivity contribution in [2.24, 2.45) is 0 Å². The molecule has 0 radical (unpaired) electrons. The van der Waals surface area contributed by atoms with Crippen molar-refractivity contribution in [2.45, 2.75) is 44.2 Å². The lowest BCUT2D eigenvalue weighted by Gasteiger charge is -2.38. The lowest BCUT2D eigenvalue weighted by atomic mass is 9.75. The summed E-state index contributed by atoms with van der Waals surface area (Å²) in [5.41, 5.74) is 1.49. The zero-order valence-corrected chi connectivity index (χ0v) is 13.8. The van der Waals surface area contributed by atoms with Crippen LogP contribution in [0.15, 0.2) is 28.7 Å². The van der Waals surface area contributed by atoms with Gasteiger partial charge < -0.3 is 10.2 Å². The molecule has 0 aliphatic heterocycles. The van der Waals surface area contributed by atoms with Crippen LogP contribution in [0.5, 0.6) is 0 Å². The second-order valence-electron chi connectivity index (χ2n) is 6.08. The highest BCUT2D eigenvalue weighted by molar-refractivity contribution is 9.10. The van der Waals surface area contributed by atoms with E-state index < -0.39 is 0 Å². The van der Waals surface area contributed by atoms with Crippen LogP contribution in [0.25, 0.3) is 0 Å². The van der Waals surface area contributed by atoms with Crippen LogP contribution in [0.4, 0.5) is 0 Å². The molecule has 1 aliphatic carbocycles. The number of halogens is 1. The molecule has 1 saturated carbocycles. The summed E-state index contributed by atoms with van der Waals surface area (Å²) in [6.45, 7) is 3.47. The predicted molar refractivity (Wildman–Crippen MR) is 85.7 cm³/mol. The Balaban J connectivity index is 1.70. The quantitative estimate of drug-likeness (QED) is 0.859. The molecule has 1 N–H and O–H groups in total. The SMILES string of the molecule is CC(CCN(C)C)NC1CC(c2ccc(Br)cc2)C1. The van der Waals surface area contributed by atoms with Crippen molar-refractivity contribution < 1.29 is 0 Å². The third kappa shape index (κ3) is 4.59. The number of hydrogen-bond acceptors (Lipinski definition) is 2. The fraction of sp³-hybridized carbons (Fsp3) is 0.625. The van der Waals surface area contributed by atoms with E-state index >= 15 is 0 Å². The molecule has 0 heterocycles. The molecule has 0 aromatic heterocycles. The molecule has 1 aliphatic rings. The van der Waals surface area contributed by atoms with Crippen LogP contribution in [0.2, 0.25) is 0 Å². The van der Waals surface area contributed by atoms with Crippen LogP contribution < -0.4 is 5.32 Å². The highest BCUT2D eigenvalue weighted by Gasteiger charge is 2.30. The van der Waals surface area contributed by atoms with Crippen molar-refractivity contribution >= 4 is 15.9 Å². The molecule has 1 atom stereocenters. The van der Waals surface area contributed by atoms with Crippen molar-refractivity contribution in [3.05, 3.63) is 34.3 Å². The fourth-order valence-electron chi connectivity index (χ4n) is 2.70. The Morgan fingerprint density at radius 2 is 1.89 bits per heavy atom. The second-order valence-corrected chi connectivity index (χ2v) is 6.99. The van der Waals surface area contributed by atoms with Crippen molar-refractivity contribution in [3.63, 3.8) is 0 Å². The maximum absolute atomic E-state index is 3.75. The number of hydrogen-bond donors (Lipinski definition) is 1. The Kier molecular flexibility index (Phi) is 5.43. The van der Waals surface area contributed by atoms with Gasteiger partial charge in [0.2, 0.25) is 0 Å². The summed E-state index contributed by atoms with van der Waals surface area (Å²) in [6.07, 6.45) is 3.80. The van der Waals surface area contributed by atoms with Gasteiger partial charge in [-0.1, -0.05) is 28.1 Å². The Morgan fingerprint density at radius 3 is 2.47 bits per heavy atom. The lowest BCUT2D eigenvalue weighted by molar-refractivity contribution is 0.255. The maximum Gasteiger partial charge on any atom is 0.0175 e. The first-order valence-electron chi connectivity index (χ1n) is 7.21. The summed E-state index contributed by atoms with van der Waals surface area (Å²) in [6, 6.07) is 10.1. The molecule has 1 unspecified atom stereocenters. The monoisotopic (exact) mass is 324 g/mol. The normalized spacial score (nSPS) is 24.3. The molecule has 3 heteroatoms. The first kappa shape index (κ1) is 15.0. The Morgan fingerprint density at radius 1 is 1.26 bits per heavy atom. The molecule has 0 spiro atoms. The van der Waals surface area contributed by atoms with Crippen molar-refractivity contribution in [2.75, 3.05) is 20.6 Å². The molecule has 19 heavy (non-hydrogen) atoms. The molecule has 2 rings (SSSR count). The van der Waals surface area contributed by atoms with Crippen LogP contribution in [0.1, 0.15) is 37.7 Å². The van der Waals surface area contributed by atoms with Crippen molar-refractivity contribution in [1.29, 1.82) is 0 Å². The van der Waals surface area contributed by atoms with Gasteiger partial charge in [-0.2, -0.15) is 0 Å². The molecular weight excluding hydrogens is 300 g/mol. The molecule has 106 valence electrons. The second kappa shape index (κ2) is 6.87. The van der Waals surface area contributed by atoms with Gasteiger partial charge >= 0.3 is 0 Å². The van der Waals surface area contributed by atoms with Gasteiger partial charge in [-0.05, 0) is 70.4 Å². The standard InChI is InChI=1S/C16H25BrN2/c1-12(8-9-19(2)3)18-16-10-14(11-16)13-4-6-15(17)7-5-13/h4-7,12,14,16,18H,8-11H2,1-3H3. The third-order valence-electron chi connectivity index (χ3n) is 4.01. The number of rotatable bonds is 6. The smallest absolute Gasteiger partial charge is 0.0175 e. The van der Waals surface area contributed by atoms with E-state index in [9.17, 15) is 0 Å². The Hall–Kier alpha value is -0.380. The van der Waals surface area contributed by atoms with Gasteiger partial charge in [-0.25, -0.2) is 0 Å². The minimum atomic E-state index is 0.623. The minimum Gasteiger partial charge on any atom is -0.311 e. The summed E-state index contributed by atoms with van der Waals surface area (Å²) in [5.74, 6) is 0.756. The number of nitrogens with zero attached hydrogens (tertiary/aromatic N) is 1. The zero-order valence-electron chi connectivity index (χ0n) is 12.2. The minimum absolute atomic E-state index is 0.623. The molecule has 0 bridgehead atoms. The molecule has 1 aromatic carbocycles. The van der Waals surface area contributed by atoms with E-state index in [4.69, 9.17) is 0 Å². The highest BCUT2D eigenvalue weighted by atomic mass is 79.9. The molecule has 2 nitrogen and oxygen atoms in total. The Bertz CT molecular complexity index is 382. The van der Waals surface area contributed by atoms with Gasteiger partial charge in [0.1, 0.15) is 0 Å². The Labute approximate surface area is 125 Å². The van der Waals surface area contributed by atoms with Crippen LogP contribution >= 0.6 is 15.9 Å². The number of benzene rings is 1. The number of nitrogens with one attached hydrogen (secondary N) is 1. The fourth-order valence-corrected chi connectivity index (χ4v) is 2.96. The third-order valence-corrected chi connectivity index (χ3v) is 4.54. The van der Waals surface area contributed by atoms with Crippen LogP contribution in [-0.4, -0.2) is 37.6 Å². The molecule has 0 saturated heterocycles. The topological polar surface area (TPSA) is 15.3 Å². The first-order valence-corrected chi connectivity index (χ1v) is 8.00. The summed E-state index contributed by atoms with van der Waals surface area (Å²) in [7, 11) is 4.28. The van der Waals surface area contributed by atoms with E-state index in [0.29, 0.717) is 12.1 Å². The maximum atomic E-state index is 3.75. The van der Waals surface area contributed by atoms with E-state index in [1.54, 1.807) is 0 Å². The van der Waals surface area contributed by atoms with Gasteiger partial charge in [0.05, 0.1) is 0 Å². The largest absolute Gasteiger partial charge is 0.311 e. The average molecular weight is 325 g/mol. The lowest BCUT2D eigenvalue weighted by Crippen LogP contribution is -2.45. The van der Waals surface area contributed by atoms with Gasteiger partial charge in [-0.15, -0.1) is 0 Å². The van der Waals surface area contributed by atoms with E-state index in [1.165, 1.54) is 29.3 Å². The van der Waals surface area contributed by atoms with Gasteiger partial charge in [0, 0.05) is 16.6 Å². The average Bonchev–Trinajstić information content (AvgIpc) is 2.32. The summed E-state index contributed by atoms with van der Waals surface area (Å²) in [5, 5.41) is 3.75. The molecule has 0 amide bonds. The van der Waals surface area contributed by atoms with Gasteiger partial charge in [0.25, 0.3) is 0 Å². The van der Waals surface area contributed by atoms with Gasteiger partial charge in [0.15, 0.2) is 0 Å². The van der Waals surface area contributed by atoms with E-state index in [1.807, 2.05) is 0 Å². The molecule has 1 fully saturated rings. The van der Waals surface area contributed by atoms with Crippen LogP contribution in [0, 0.1) is 0 Å². The van der Waals surface area contributed by atoms with Gasteiger partial charge in [-0.3, -0.25) is 0 Å². The summed E-state index contributed by atoms with van der Waals surface area (Å²) in [4.78, 5) is 2.25.